The number of alkyl halides is 2. The van der Waals surface area contributed by atoms with E-state index in [-0.39, 0.29) is 48.8 Å². The average Bonchev–Trinajstić information content (AvgIpc) is 2.58. The summed E-state index contributed by atoms with van der Waals surface area (Å²) >= 11 is 0. The molecule has 1 amide bonds. The molecule has 1 aromatic heterocycles. The summed E-state index contributed by atoms with van der Waals surface area (Å²) in [6.07, 6.45) is 4.62. The first-order valence-corrected chi connectivity index (χ1v) is 9.29. The molecule has 2 aliphatic carbocycles. The van der Waals surface area contributed by atoms with E-state index < -0.39 is 17.4 Å². The van der Waals surface area contributed by atoms with Crippen LogP contribution in [-0.4, -0.2) is 48.0 Å². The third kappa shape index (κ3) is 3.34. The Bertz CT molecular complexity index is 696. The van der Waals surface area contributed by atoms with Crippen LogP contribution in [0.1, 0.15) is 48.2 Å². The lowest BCUT2D eigenvalue weighted by Crippen LogP contribution is -2.63. The first-order valence-electron chi connectivity index (χ1n) is 9.29. The van der Waals surface area contributed by atoms with Crippen LogP contribution >= 0.6 is 12.4 Å². The molecule has 2 bridgehead atoms. The number of primary amides is 1. The zero-order valence-electron chi connectivity index (χ0n) is 15.4. The smallest absolute Gasteiger partial charge is 0.267 e. The van der Waals surface area contributed by atoms with E-state index in [9.17, 15) is 13.6 Å². The first-order chi connectivity index (χ1) is 12.4. The molecule has 0 radical (unpaired) electrons. The number of carbonyl (C=O) groups is 1. The van der Waals surface area contributed by atoms with Crippen LogP contribution in [0.2, 0.25) is 0 Å². The van der Waals surface area contributed by atoms with Gasteiger partial charge in [-0.05, 0) is 30.5 Å². The van der Waals surface area contributed by atoms with Crippen LogP contribution in [0.3, 0.4) is 0 Å². The first kappa shape index (κ1) is 20.4. The second kappa shape index (κ2) is 7.26. The van der Waals surface area contributed by atoms with Crippen molar-refractivity contribution in [2.45, 2.75) is 49.7 Å². The number of ether oxygens (including phenoxy) is 1. The van der Waals surface area contributed by atoms with Gasteiger partial charge < -0.3 is 10.5 Å². The van der Waals surface area contributed by atoms with Crippen LogP contribution in [0.25, 0.3) is 0 Å². The van der Waals surface area contributed by atoms with E-state index >= 15 is 0 Å². The van der Waals surface area contributed by atoms with Gasteiger partial charge in [-0.3, -0.25) is 14.7 Å². The van der Waals surface area contributed by atoms with Crippen LogP contribution in [0.15, 0.2) is 18.3 Å². The van der Waals surface area contributed by atoms with Gasteiger partial charge in [0.15, 0.2) is 0 Å². The predicted octanol–water partition coefficient (Wildman–Crippen LogP) is 2.97. The number of fused-ring (bicyclic) bond motifs is 2. The number of methoxy groups -OCH3 is 1. The highest BCUT2D eigenvalue weighted by atomic mass is 35.5. The van der Waals surface area contributed by atoms with Crippen molar-refractivity contribution in [3.8, 4) is 0 Å². The molecule has 1 aliphatic heterocycles. The molecule has 2 saturated carbocycles. The minimum absolute atomic E-state index is 0. The Labute approximate surface area is 164 Å². The summed E-state index contributed by atoms with van der Waals surface area (Å²) in [5, 5.41) is 0. The van der Waals surface area contributed by atoms with Gasteiger partial charge in [-0.25, -0.2) is 8.78 Å². The molecule has 2 unspecified atom stereocenters. The number of pyridine rings is 1. The highest BCUT2D eigenvalue weighted by Crippen LogP contribution is 2.53. The Morgan fingerprint density at radius 1 is 1.30 bits per heavy atom. The number of carbonyl (C=O) groups excluding carboxylic acids is 1. The average molecular weight is 402 g/mol. The molecule has 0 spiro atoms. The molecule has 8 heteroatoms. The molecular formula is C19H26ClF2N3O2. The highest BCUT2D eigenvalue weighted by Gasteiger charge is 2.57. The van der Waals surface area contributed by atoms with Crippen LogP contribution in [0, 0.1) is 11.8 Å². The third-order valence-corrected chi connectivity index (χ3v) is 6.61. The zero-order chi connectivity index (χ0) is 18.5. The van der Waals surface area contributed by atoms with Crippen molar-refractivity contribution >= 4 is 18.3 Å². The Kier molecular flexibility index (Phi) is 5.49. The van der Waals surface area contributed by atoms with Crippen LogP contribution in [0.4, 0.5) is 8.78 Å². The van der Waals surface area contributed by atoms with E-state index in [2.05, 4.69) is 9.88 Å². The number of aromatic nitrogens is 1. The topological polar surface area (TPSA) is 68.5 Å². The largest absolute Gasteiger partial charge is 0.373 e. The second-order valence-corrected chi connectivity index (χ2v) is 7.99. The molecule has 4 rings (SSSR count). The second-order valence-electron chi connectivity index (χ2n) is 7.99. The molecular weight excluding hydrogens is 376 g/mol. The molecule has 0 aromatic carbocycles. The molecule has 27 heavy (non-hydrogen) atoms. The summed E-state index contributed by atoms with van der Waals surface area (Å²) in [6.45, 7) is 1.50. The number of halogens is 3. The number of likely N-dealkylation sites (tertiary alicyclic amines) is 1. The maximum absolute atomic E-state index is 13.3. The van der Waals surface area contributed by atoms with Gasteiger partial charge in [-0.1, -0.05) is 6.42 Å². The van der Waals surface area contributed by atoms with E-state index in [1.807, 2.05) is 6.07 Å². The lowest BCUT2D eigenvalue weighted by atomic mass is 9.61. The molecule has 150 valence electrons. The number of hydrogen-bond donors (Lipinski definition) is 1. The summed E-state index contributed by atoms with van der Waals surface area (Å²) in [5.41, 5.74) is 6.06. The molecule has 3 fully saturated rings. The van der Waals surface area contributed by atoms with Crippen molar-refractivity contribution in [3.63, 3.8) is 0 Å². The van der Waals surface area contributed by atoms with Gasteiger partial charge in [0.1, 0.15) is 11.3 Å². The molecule has 2 heterocycles. The van der Waals surface area contributed by atoms with Gasteiger partial charge in [0, 0.05) is 57.1 Å². The Hall–Kier alpha value is -1.31. The number of nitrogens with zero attached hydrogens (tertiary/aromatic N) is 2. The molecule has 5 nitrogen and oxygen atoms in total. The van der Waals surface area contributed by atoms with Gasteiger partial charge in [0.05, 0.1) is 0 Å². The molecule has 1 aromatic rings. The summed E-state index contributed by atoms with van der Waals surface area (Å²) in [5.74, 6) is -2.65. The predicted molar refractivity (Wildman–Crippen MR) is 99.1 cm³/mol. The fourth-order valence-corrected chi connectivity index (χ4v) is 5.38. The van der Waals surface area contributed by atoms with Gasteiger partial charge in [0.25, 0.3) is 11.8 Å². The lowest BCUT2D eigenvalue weighted by Gasteiger charge is -2.58. The number of nitrogens with two attached hydrogens (primary N) is 1. The quantitative estimate of drug-likeness (QED) is 0.842. The van der Waals surface area contributed by atoms with Gasteiger partial charge >= 0.3 is 0 Å². The van der Waals surface area contributed by atoms with Crippen molar-refractivity contribution in [2.24, 2.45) is 17.6 Å². The van der Waals surface area contributed by atoms with Gasteiger partial charge in [-0.2, -0.15) is 0 Å². The minimum atomic E-state index is -2.50. The highest BCUT2D eigenvalue weighted by molar-refractivity contribution is 5.90. The summed E-state index contributed by atoms with van der Waals surface area (Å²) < 4.78 is 32.8. The van der Waals surface area contributed by atoms with E-state index in [1.54, 1.807) is 19.4 Å². The van der Waals surface area contributed by atoms with Crippen molar-refractivity contribution in [1.82, 2.24) is 9.88 Å². The fraction of sp³-hybridized carbons (Fsp3) is 0.684. The van der Waals surface area contributed by atoms with Crippen LogP contribution in [0.5, 0.6) is 0 Å². The standard InChI is InChI=1S/C19H25F2N3O2.ClH/c1-26-19(12-5-6-23-16(7-12)17(22)25)13-3-2-4-14(19)11-24(10-13)15-8-18(20,21)9-15;/h5-7,13-15H,2-4,8-11H2,1H3,(H2,22,25);1H. The van der Waals surface area contributed by atoms with E-state index in [1.165, 1.54) is 0 Å². The monoisotopic (exact) mass is 401 g/mol. The number of rotatable bonds is 4. The van der Waals surface area contributed by atoms with Crippen LogP contribution in [-0.2, 0) is 10.3 Å². The normalized spacial score (nSPS) is 33.0. The van der Waals surface area contributed by atoms with Crippen LogP contribution < -0.4 is 5.73 Å². The Balaban J connectivity index is 0.00000210. The zero-order valence-corrected chi connectivity index (χ0v) is 16.2. The lowest BCUT2D eigenvalue weighted by molar-refractivity contribution is -0.197. The van der Waals surface area contributed by atoms with Crippen molar-refractivity contribution in [3.05, 3.63) is 29.6 Å². The summed E-state index contributed by atoms with van der Waals surface area (Å²) in [4.78, 5) is 17.8. The Morgan fingerprint density at radius 3 is 2.44 bits per heavy atom. The van der Waals surface area contributed by atoms with E-state index in [0.29, 0.717) is 0 Å². The minimum Gasteiger partial charge on any atom is -0.373 e. The summed E-state index contributed by atoms with van der Waals surface area (Å²) in [7, 11) is 1.71. The maximum atomic E-state index is 13.3. The van der Waals surface area contributed by atoms with Crippen molar-refractivity contribution in [1.29, 1.82) is 0 Å². The van der Waals surface area contributed by atoms with E-state index in [4.69, 9.17) is 10.5 Å². The molecule has 2 N–H and O–H groups in total. The van der Waals surface area contributed by atoms with Gasteiger partial charge in [0.2, 0.25) is 0 Å². The summed E-state index contributed by atoms with van der Waals surface area (Å²) in [6, 6.07) is 3.61. The third-order valence-electron chi connectivity index (χ3n) is 6.61. The SMILES string of the molecule is COC1(c2ccnc(C(N)=O)c2)C2CCCC1CN(C1CC(F)(F)C1)C2.Cl. The van der Waals surface area contributed by atoms with Crippen molar-refractivity contribution < 1.29 is 18.3 Å². The Morgan fingerprint density at radius 2 is 1.93 bits per heavy atom. The van der Waals surface area contributed by atoms with Crippen molar-refractivity contribution in [2.75, 3.05) is 20.2 Å². The van der Waals surface area contributed by atoms with E-state index in [0.717, 1.165) is 37.9 Å². The molecule has 2 atom stereocenters. The van der Waals surface area contributed by atoms with Gasteiger partial charge in [-0.15, -0.1) is 12.4 Å². The number of amides is 1. The number of piperidine rings is 1. The molecule has 1 saturated heterocycles. The molecule has 3 aliphatic rings. The number of hydrogen-bond acceptors (Lipinski definition) is 4. The maximum Gasteiger partial charge on any atom is 0.267 e. The fourth-order valence-electron chi connectivity index (χ4n) is 5.38.